The van der Waals surface area contributed by atoms with Crippen molar-refractivity contribution in [2.24, 2.45) is 0 Å². The van der Waals surface area contributed by atoms with E-state index in [2.05, 4.69) is 9.97 Å². The summed E-state index contributed by atoms with van der Waals surface area (Å²) in [5, 5.41) is 10.0. The molecule has 3 aromatic carbocycles. The maximum atomic E-state index is 14.9. The van der Waals surface area contributed by atoms with Crippen molar-refractivity contribution in [1.82, 2.24) is 9.97 Å². The lowest BCUT2D eigenvalue weighted by Crippen LogP contribution is -2.04. The third kappa shape index (κ3) is 6.17. The Morgan fingerprint density at radius 1 is 0.811 bits per heavy atom. The van der Waals surface area contributed by atoms with E-state index in [1.54, 1.807) is 25.1 Å². The highest BCUT2D eigenvalue weighted by molar-refractivity contribution is 5.65. The lowest BCUT2D eigenvalue weighted by atomic mass is 9.98. The highest BCUT2D eigenvalue weighted by atomic mass is 19.2. The molecule has 1 aromatic heterocycles. The molecule has 1 unspecified atom stereocenters. The minimum atomic E-state index is -0.948. The number of rotatable bonds is 10. The van der Waals surface area contributed by atoms with E-state index in [1.807, 2.05) is 31.2 Å². The predicted octanol–water partition coefficient (Wildman–Crippen LogP) is 7.25. The van der Waals surface area contributed by atoms with Gasteiger partial charge < -0.3 is 9.84 Å². The standard InChI is InChI=1S/C30H29F3N2O2/c1-3-5-26(36)30-34-17-23(18-35-30)24-14-12-21(28(32)29(24)33)11-8-19-6-9-20(10-7-19)22-13-15-27(37-4-2)25(31)16-22/h6-7,9-10,12-18,26,36H,3-5,8,11H2,1-2H3. The van der Waals surface area contributed by atoms with Crippen molar-refractivity contribution in [1.29, 1.82) is 0 Å². The zero-order valence-corrected chi connectivity index (χ0v) is 20.8. The van der Waals surface area contributed by atoms with Gasteiger partial charge in [0.15, 0.2) is 29.0 Å². The fraction of sp³-hybridized carbons (Fsp3) is 0.267. The molecule has 0 bridgehead atoms. The van der Waals surface area contributed by atoms with Crippen LogP contribution in [-0.2, 0) is 12.8 Å². The van der Waals surface area contributed by atoms with Gasteiger partial charge in [0.2, 0.25) is 0 Å². The SMILES string of the molecule is CCCC(O)c1ncc(-c2ccc(CCc3ccc(-c4ccc(OCC)c(F)c4)cc3)c(F)c2F)cn1. The topological polar surface area (TPSA) is 55.2 Å². The number of benzene rings is 3. The molecule has 4 nitrogen and oxygen atoms in total. The lowest BCUT2D eigenvalue weighted by Gasteiger charge is -2.11. The summed E-state index contributed by atoms with van der Waals surface area (Å²) in [5.74, 6) is -1.77. The van der Waals surface area contributed by atoms with Crippen LogP contribution in [0.3, 0.4) is 0 Å². The molecule has 4 aromatic rings. The summed E-state index contributed by atoms with van der Waals surface area (Å²) >= 11 is 0. The molecule has 192 valence electrons. The summed E-state index contributed by atoms with van der Waals surface area (Å²) in [6.07, 6.45) is 4.16. The Morgan fingerprint density at radius 3 is 2.16 bits per heavy atom. The van der Waals surface area contributed by atoms with Gasteiger partial charge in [0.05, 0.1) is 6.61 Å². The summed E-state index contributed by atoms with van der Waals surface area (Å²) in [5.41, 5.74) is 3.22. The molecule has 0 aliphatic heterocycles. The molecular weight excluding hydrogens is 477 g/mol. The molecule has 0 saturated carbocycles. The van der Waals surface area contributed by atoms with E-state index in [-0.39, 0.29) is 22.7 Å². The Kier molecular flexibility index (Phi) is 8.56. The van der Waals surface area contributed by atoms with E-state index in [9.17, 15) is 18.3 Å². The van der Waals surface area contributed by atoms with Gasteiger partial charge in [0, 0.05) is 23.5 Å². The monoisotopic (exact) mass is 506 g/mol. The van der Waals surface area contributed by atoms with Crippen molar-refractivity contribution in [3.63, 3.8) is 0 Å². The minimum absolute atomic E-state index is 0.0738. The predicted molar refractivity (Wildman–Crippen MR) is 138 cm³/mol. The molecule has 0 saturated heterocycles. The van der Waals surface area contributed by atoms with Crippen molar-refractivity contribution in [3.8, 4) is 28.0 Å². The Morgan fingerprint density at radius 2 is 1.51 bits per heavy atom. The molecule has 37 heavy (non-hydrogen) atoms. The number of halogens is 3. The Balaban J connectivity index is 1.43. The van der Waals surface area contributed by atoms with Gasteiger partial charge in [-0.25, -0.2) is 23.1 Å². The summed E-state index contributed by atoms with van der Waals surface area (Å²) in [7, 11) is 0. The van der Waals surface area contributed by atoms with Crippen molar-refractivity contribution in [3.05, 3.63) is 101 Å². The van der Waals surface area contributed by atoms with E-state index in [1.165, 1.54) is 24.5 Å². The number of hydrogen-bond donors (Lipinski definition) is 1. The second-order valence-electron chi connectivity index (χ2n) is 8.81. The second kappa shape index (κ2) is 12.0. The van der Waals surface area contributed by atoms with Crippen LogP contribution in [0.25, 0.3) is 22.3 Å². The van der Waals surface area contributed by atoms with Crippen LogP contribution in [0.2, 0.25) is 0 Å². The van der Waals surface area contributed by atoms with Crippen LogP contribution in [0.4, 0.5) is 13.2 Å². The fourth-order valence-electron chi connectivity index (χ4n) is 4.15. The average molecular weight is 507 g/mol. The van der Waals surface area contributed by atoms with E-state index in [4.69, 9.17) is 4.74 Å². The van der Waals surface area contributed by atoms with E-state index in [0.717, 1.165) is 23.1 Å². The molecule has 0 amide bonds. The van der Waals surface area contributed by atoms with Gasteiger partial charge in [-0.05, 0) is 60.6 Å². The van der Waals surface area contributed by atoms with Crippen LogP contribution in [0.5, 0.6) is 5.75 Å². The Labute approximate surface area is 214 Å². The van der Waals surface area contributed by atoms with E-state index < -0.39 is 23.6 Å². The number of aliphatic hydroxyl groups is 1. The second-order valence-corrected chi connectivity index (χ2v) is 8.81. The molecule has 0 spiro atoms. The van der Waals surface area contributed by atoms with Crippen LogP contribution in [-0.4, -0.2) is 21.7 Å². The third-order valence-electron chi connectivity index (χ3n) is 6.21. The average Bonchev–Trinajstić information content (AvgIpc) is 2.91. The number of nitrogens with zero attached hydrogens (tertiary/aromatic N) is 2. The highest BCUT2D eigenvalue weighted by Gasteiger charge is 2.17. The van der Waals surface area contributed by atoms with Gasteiger partial charge >= 0.3 is 0 Å². The van der Waals surface area contributed by atoms with Crippen molar-refractivity contribution >= 4 is 0 Å². The van der Waals surface area contributed by atoms with Crippen molar-refractivity contribution < 1.29 is 23.0 Å². The fourth-order valence-corrected chi connectivity index (χ4v) is 4.15. The van der Waals surface area contributed by atoms with Gasteiger partial charge in [0.1, 0.15) is 6.10 Å². The van der Waals surface area contributed by atoms with Crippen LogP contribution >= 0.6 is 0 Å². The molecule has 4 rings (SSSR count). The maximum Gasteiger partial charge on any atom is 0.167 e. The summed E-state index contributed by atoms with van der Waals surface area (Å²) in [6, 6.07) is 15.5. The van der Waals surface area contributed by atoms with Crippen molar-refractivity contribution in [2.45, 2.75) is 45.6 Å². The molecule has 0 aliphatic carbocycles. The van der Waals surface area contributed by atoms with E-state index in [0.29, 0.717) is 31.4 Å². The smallest absolute Gasteiger partial charge is 0.167 e. The first-order valence-electron chi connectivity index (χ1n) is 12.4. The summed E-state index contributed by atoms with van der Waals surface area (Å²) in [4.78, 5) is 8.22. The number of aromatic nitrogens is 2. The highest BCUT2D eigenvalue weighted by Crippen LogP contribution is 2.28. The molecule has 7 heteroatoms. The molecule has 1 heterocycles. The van der Waals surface area contributed by atoms with Crippen molar-refractivity contribution in [2.75, 3.05) is 6.61 Å². The Hall–Kier alpha value is -3.71. The minimum Gasteiger partial charge on any atom is -0.491 e. The van der Waals surface area contributed by atoms with Crippen LogP contribution in [0, 0.1) is 17.5 Å². The first-order valence-corrected chi connectivity index (χ1v) is 12.4. The number of hydrogen-bond acceptors (Lipinski definition) is 4. The molecular formula is C30H29F3N2O2. The van der Waals surface area contributed by atoms with Crippen LogP contribution in [0.1, 0.15) is 49.7 Å². The third-order valence-corrected chi connectivity index (χ3v) is 6.21. The summed E-state index contributed by atoms with van der Waals surface area (Å²) < 4.78 is 49.2. The van der Waals surface area contributed by atoms with Crippen LogP contribution < -0.4 is 4.74 Å². The van der Waals surface area contributed by atoms with Gasteiger partial charge in [-0.3, -0.25) is 0 Å². The van der Waals surface area contributed by atoms with Crippen LogP contribution in [0.15, 0.2) is 67.0 Å². The zero-order chi connectivity index (χ0) is 26.4. The number of ether oxygens (including phenoxy) is 1. The first-order chi connectivity index (χ1) is 17.9. The quantitative estimate of drug-likeness (QED) is 0.246. The van der Waals surface area contributed by atoms with Gasteiger partial charge in [-0.1, -0.05) is 55.8 Å². The zero-order valence-electron chi connectivity index (χ0n) is 20.8. The molecule has 0 fully saturated rings. The first kappa shape index (κ1) is 26.4. The largest absolute Gasteiger partial charge is 0.491 e. The molecule has 0 radical (unpaired) electrons. The molecule has 0 aliphatic rings. The van der Waals surface area contributed by atoms with Gasteiger partial charge in [0.25, 0.3) is 0 Å². The number of aliphatic hydroxyl groups excluding tert-OH is 1. The summed E-state index contributed by atoms with van der Waals surface area (Å²) in [6.45, 7) is 4.14. The normalized spacial score (nSPS) is 11.9. The lowest BCUT2D eigenvalue weighted by molar-refractivity contribution is 0.156. The maximum absolute atomic E-state index is 14.9. The Bertz CT molecular complexity index is 1340. The van der Waals surface area contributed by atoms with Gasteiger partial charge in [-0.15, -0.1) is 0 Å². The van der Waals surface area contributed by atoms with E-state index >= 15 is 0 Å². The van der Waals surface area contributed by atoms with Gasteiger partial charge in [-0.2, -0.15) is 0 Å². The molecule has 1 atom stereocenters. The number of aryl methyl sites for hydroxylation is 2. The molecule has 1 N–H and O–H groups in total.